The predicted octanol–water partition coefficient (Wildman–Crippen LogP) is 3.07. The summed E-state index contributed by atoms with van der Waals surface area (Å²) in [5.74, 6) is 1.50. The van der Waals surface area contributed by atoms with E-state index in [1.807, 2.05) is 0 Å². The standard InChI is InChI=1S/C14H29NO/c1-11(2)8-14(4,5)10-15-12(3)13-6-7-16-9-13/h11-13,15H,6-10H2,1-5H3. The summed E-state index contributed by atoms with van der Waals surface area (Å²) in [6.07, 6.45) is 2.51. The van der Waals surface area contributed by atoms with Gasteiger partial charge in [0.25, 0.3) is 0 Å². The van der Waals surface area contributed by atoms with Gasteiger partial charge in [0.2, 0.25) is 0 Å². The van der Waals surface area contributed by atoms with Crippen LogP contribution >= 0.6 is 0 Å². The molecule has 2 heteroatoms. The van der Waals surface area contributed by atoms with Gasteiger partial charge in [-0.1, -0.05) is 27.7 Å². The summed E-state index contributed by atoms with van der Waals surface area (Å²) in [5, 5.41) is 3.69. The Bertz CT molecular complexity index is 195. The SMILES string of the molecule is CC(C)CC(C)(C)CNC(C)C1CCOC1. The lowest BCUT2D eigenvalue weighted by Crippen LogP contribution is -2.40. The molecule has 2 nitrogen and oxygen atoms in total. The maximum atomic E-state index is 5.43. The van der Waals surface area contributed by atoms with Gasteiger partial charge in [-0.3, -0.25) is 0 Å². The minimum atomic E-state index is 0.405. The summed E-state index contributed by atoms with van der Waals surface area (Å²) < 4.78 is 5.43. The van der Waals surface area contributed by atoms with E-state index in [9.17, 15) is 0 Å². The molecule has 0 aromatic rings. The molecule has 1 heterocycles. The van der Waals surface area contributed by atoms with E-state index in [1.165, 1.54) is 12.8 Å². The van der Waals surface area contributed by atoms with E-state index in [4.69, 9.17) is 4.74 Å². The van der Waals surface area contributed by atoms with Gasteiger partial charge >= 0.3 is 0 Å². The van der Waals surface area contributed by atoms with Crippen molar-refractivity contribution in [2.45, 2.75) is 53.5 Å². The fourth-order valence-corrected chi connectivity index (χ4v) is 2.73. The molecule has 0 saturated carbocycles. The molecule has 1 fully saturated rings. The second-order valence-corrected chi connectivity index (χ2v) is 6.56. The fourth-order valence-electron chi connectivity index (χ4n) is 2.73. The highest BCUT2D eigenvalue weighted by molar-refractivity contribution is 4.80. The zero-order valence-corrected chi connectivity index (χ0v) is 11.7. The molecule has 2 atom stereocenters. The highest BCUT2D eigenvalue weighted by atomic mass is 16.5. The van der Waals surface area contributed by atoms with Gasteiger partial charge in [0.15, 0.2) is 0 Å². The third kappa shape index (κ3) is 4.84. The Kier molecular flexibility index (Phi) is 5.26. The third-order valence-corrected chi connectivity index (χ3v) is 3.54. The van der Waals surface area contributed by atoms with Crippen LogP contribution in [0.4, 0.5) is 0 Å². The van der Waals surface area contributed by atoms with E-state index < -0.39 is 0 Å². The fraction of sp³-hybridized carbons (Fsp3) is 1.00. The van der Waals surface area contributed by atoms with Crippen LogP contribution in [0.3, 0.4) is 0 Å². The van der Waals surface area contributed by atoms with Gasteiger partial charge in [-0.15, -0.1) is 0 Å². The lowest BCUT2D eigenvalue weighted by molar-refractivity contribution is 0.174. The number of rotatable bonds is 6. The average molecular weight is 227 g/mol. The van der Waals surface area contributed by atoms with Crippen molar-refractivity contribution in [2.75, 3.05) is 19.8 Å². The van der Waals surface area contributed by atoms with Gasteiger partial charge in [0.1, 0.15) is 0 Å². The number of nitrogens with one attached hydrogen (secondary N) is 1. The van der Waals surface area contributed by atoms with Crippen LogP contribution in [0.1, 0.15) is 47.5 Å². The molecule has 0 amide bonds. The molecule has 0 radical (unpaired) electrons. The van der Waals surface area contributed by atoms with Gasteiger partial charge < -0.3 is 10.1 Å². The maximum absolute atomic E-state index is 5.43. The van der Waals surface area contributed by atoms with E-state index in [1.54, 1.807) is 0 Å². The first-order chi connectivity index (χ1) is 7.41. The van der Waals surface area contributed by atoms with Crippen molar-refractivity contribution in [2.24, 2.45) is 17.3 Å². The van der Waals surface area contributed by atoms with Crippen molar-refractivity contribution >= 4 is 0 Å². The monoisotopic (exact) mass is 227 g/mol. The van der Waals surface area contributed by atoms with Crippen LogP contribution in [0.5, 0.6) is 0 Å². The van der Waals surface area contributed by atoms with Crippen LogP contribution in [0.15, 0.2) is 0 Å². The highest BCUT2D eigenvalue weighted by Crippen LogP contribution is 2.25. The Balaban J connectivity index is 2.26. The Labute approximate surface area is 101 Å². The number of ether oxygens (including phenoxy) is 1. The van der Waals surface area contributed by atoms with Crippen molar-refractivity contribution in [3.8, 4) is 0 Å². The van der Waals surface area contributed by atoms with Crippen LogP contribution in [-0.4, -0.2) is 25.8 Å². The average Bonchev–Trinajstić information content (AvgIpc) is 2.64. The van der Waals surface area contributed by atoms with E-state index in [0.717, 1.165) is 31.6 Å². The zero-order chi connectivity index (χ0) is 12.2. The van der Waals surface area contributed by atoms with E-state index in [0.29, 0.717) is 11.5 Å². The van der Waals surface area contributed by atoms with Gasteiger partial charge in [-0.05, 0) is 37.0 Å². The molecule has 0 spiro atoms. The predicted molar refractivity (Wildman–Crippen MR) is 69.6 cm³/mol. The number of hydrogen-bond donors (Lipinski definition) is 1. The topological polar surface area (TPSA) is 21.3 Å². The molecule has 0 aromatic carbocycles. The molecule has 1 aliphatic heterocycles. The van der Waals surface area contributed by atoms with Crippen molar-refractivity contribution < 1.29 is 4.74 Å². The van der Waals surface area contributed by atoms with Gasteiger partial charge in [-0.25, -0.2) is 0 Å². The van der Waals surface area contributed by atoms with Gasteiger partial charge in [-0.2, -0.15) is 0 Å². The van der Waals surface area contributed by atoms with Crippen molar-refractivity contribution in [1.82, 2.24) is 5.32 Å². The summed E-state index contributed by atoms with van der Waals surface area (Å²) in [7, 11) is 0. The second-order valence-electron chi connectivity index (χ2n) is 6.56. The number of hydrogen-bond acceptors (Lipinski definition) is 2. The minimum Gasteiger partial charge on any atom is -0.381 e. The normalized spacial score (nSPS) is 24.0. The molecule has 1 saturated heterocycles. The second kappa shape index (κ2) is 6.02. The van der Waals surface area contributed by atoms with Crippen LogP contribution in [0.2, 0.25) is 0 Å². The third-order valence-electron chi connectivity index (χ3n) is 3.54. The molecular formula is C14H29NO. The van der Waals surface area contributed by atoms with Gasteiger partial charge in [0.05, 0.1) is 6.61 Å². The quantitative estimate of drug-likeness (QED) is 0.753. The molecule has 0 aliphatic carbocycles. The first kappa shape index (κ1) is 14.0. The Hall–Kier alpha value is -0.0800. The summed E-state index contributed by atoms with van der Waals surface area (Å²) >= 11 is 0. The Morgan fingerprint density at radius 2 is 2.00 bits per heavy atom. The maximum Gasteiger partial charge on any atom is 0.0509 e. The first-order valence-electron chi connectivity index (χ1n) is 6.72. The van der Waals surface area contributed by atoms with Crippen LogP contribution in [-0.2, 0) is 4.74 Å². The molecule has 1 rings (SSSR count). The molecule has 1 N–H and O–H groups in total. The van der Waals surface area contributed by atoms with E-state index >= 15 is 0 Å². The lowest BCUT2D eigenvalue weighted by atomic mass is 9.83. The van der Waals surface area contributed by atoms with Crippen LogP contribution in [0.25, 0.3) is 0 Å². The highest BCUT2D eigenvalue weighted by Gasteiger charge is 2.25. The summed E-state index contributed by atoms with van der Waals surface area (Å²) in [6.45, 7) is 14.6. The molecule has 0 aromatic heterocycles. The summed E-state index contributed by atoms with van der Waals surface area (Å²) in [5.41, 5.74) is 0.405. The molecule has 16 heavy (non-hydrogen) atoms. The molecule has 96 valence electrons. The van der Waals surface area contributed by atoms with E-state index in [-0.39, 0.29) is 0 Å². The van der Waals surface area contributed by atoms with Crippen molar-refractivity contribution in [3.05, 3.63) is 0 Å². The largest absolute Gasteiger partial charge is 0.381 e. The molecule has 2 unspecified atom stereocenters. The van der Waals surface area contributed by atoms with Gasteiger partial charge in [0, 0.05) is 19.2 Å². The first-order valence-corrected chi connectivity index (χ1v) is 6.72. The lowest BCUT2D eigenvalue weighted by Gasteiger charge is -2.30. The van der Waals surface area contributed by atoms with Crippen LogP contribution < -0.4 is 5.32 Å². The summed E-state index contributed by atoms with van der Waals surface area (Å²) in [6, 6.07) is 0.592. The van der Waals surface area contributed by atoms with E-state index in [2.05, 4.69) is 39.9 Å². The molecular weight excluding hydrogens is 198 g/mol. The van der Waals surface area contributed by atoms with Crippen molar-refractivity contribution in [3.63, 3.8) is 0 Å². The van der Waals surface area contributed by atoms with Crippen LogP contribution in [0, 0.1) is 17.3 Å². The zero-order valence-electron chi connectivity index (χ0n) is 11.7. The smallest absolute Gasteiger partial charge is 0.0509 e. The molecule has 1 aliphatic rings. The Morgan fingerprint density at radius 1 is 1.31 bits per heavy atom. The molecule has 0 bridgehead atoms. The van der Waals surface area contributed by atoms with Crippen molar-refractivity contribution in [1.29, 1.82) is 0 Å². The summed E-state index contributed by atoms with van der Waals surface area (Å²) in [4.78, 5) is 0. The minimum absolute atomic E-state index is 0.405. The Morgan fingerprint density at radius 3 is 2.50 bits per heavy atom.